The molecule has 0 bridgehead atoms. The number of ether oxygens (including phenoxy) is 2. The standard InChI is InChI=1S/C38H66N6O4/c1-4-6-7-8-9-10-11-12-13-14-15-16-17-18-19-20-21-22-23-24-34(45)48-29-32(25-26-47-37(46)35(39)31(3)5-2)28-44-30-42-33-27-41-38(40)43-36(33)44/h12-13,27,30-32,35H,4-11,14-26,28-29,39H2,1-3H3,(H2,40,41,43)/b13-12+/t31?,32-,35+/m1/s1. The Balaban J connectivity index is 1.59. The Kier molecular flexibility index (Phi) is 22.2. The van der Waals surface area contributed by atoms with Crippen LogP contribution in [0.4, 0.5) is 5.95 Å². The molecule has 3 atom stereocenters. The molecule has 10 heteroatoms. The molecule has 10 nitrogen and oxygen atoms in total. The number of aromatic nitrogens is 4. The number of rotatable bonds is 29. The minimum absolute atomic E-state index is 0.0404. The molecule has 4 N–H and O–H groups in total. The molecule has 272 valence electrons. The van der Waals surface area contributed by atoms with Gasteiger partial charge in [-0.3, -0.25) is 9.59 Å². The number of unbranched alkanes of at least 4 members (excludes halogenated alkanes) is 15. The average molecular weight is 671 g/mol. The van der Waals surface area contributed by atoms with E-state index in [0.717, 1.165) is 25.7 Å². The first kappa shape index (κ1) is 41.2. The number of imidazole rings is 1. The summed E-state index contributed by atoms with van der Waals surface area (Å²) in [6.45, 7) is 7.07. The van der Waals surface area contributed by atoms with Crippen molar-refractivity contribution in [2.45, 2.75) is 162 Å². The van der Waals surface area contributed by atoms with E-state index in [1.54, 1.807) is 12.5 Å². The molecule has 0 saturated carbocycles. The topological polar surface area (TPSA) is 148 Å². The van der Waals surface area contributed by atoms with Gasteiger partial charge in [-0.1, -0.05) is 116 Å². The minimum atomic E-state index is -0.652. The molecule has 2 heterocycles. The lowest BCUT2D eigenvalue weighted by atomic mass is 10.0. The van der Waals surface area contributed by atoms with E-state index in [-0.39, 0.29) is 37.0 Å². The van der Waals surface area contributed by atoms with Gasteiger partial charge in [0.15, 0.2) is 5.65 Å². The molecule has 0 radical (unpaired) electrons. The number of allylic oxidation sites excluding steroid dienone is 2. The summed E-state index contributed by atoms with van der Waals surface area (Å²) < 4.78 is 13.0. The van der Waals surface area contributed by atoms with Crippen LogP contribution >= 0.6 is 0 Å². The zero-order valence-electron chi connectivity index (χ0n) is 30.4. The third-order valence-corrected chi connectivity index (χ3v) is 9.25. The van der Waals surface area contributed by atoms with E-state index < -0.39 is 12.0 Å². The molecule has 0 fully saturated rings. The maximum Gasteiger partial charge on any atom is 0.323 e. The van der Waals surface area contributed by atoms with Crippen LogP contribution in [0, 0.1) is 11.8 Å². The van der Waals surface area contributed by atoms with Crippen molar-refractivity contribution in [2.24, 2.45) is 17.6 Å². The molecule has 1 unspecified atom stereocenters. The van der Waals surface area contributed by atoms with Gasteiger partial charge in [-0.2, -0.15) is 4.98 Å². The number of nitrogens with two attached hydrogens (primary N) is 2. The molecule has 2 rings (SSSR count). The smallest absolute Gasteiger partial charge is 0.323 e. The van der Waals surface area contributed by atoms with Crippen molar-refractivity contribution >= 4 is 29.1 Å². The zero-order chi connectivity index (χ0) is 34.8. The Hall–Kier alpha value is -3.01. The summed E-state index contributed by atoms with van der Waals surface area (Å²) in [6.07, 6.45) is 31.2. The van der Waals surface area contributed by atoms with Crippen molar-refractivity contribution in [2.75, 3.05) is 18.9 Å². The minimum Gasteiger partial charge on any atom is -0.465 e. The van der Waals surface area contributed by atoms with E-state index in [1.807, 2.05) is 18.4 Å². The van der Waals surface area contributed by atoms with Gasteiger partial charge in [-0.05, 0) is 44.4 Å². The molecule has 48 heavy (non-hydrogen) atoms. The van der Waals surface area contributed by atoms with Gasteiger partial charge in [0.25, 0.3) is 0 Å². The maximum absolute atomic E-state index is 12.6. The average Bonchev–Trinajstić information content (AvgIpc) is 3.48. The number of hydrogen-bond donors (Lipinski definition) is 2. The highest BCUT2D eigenvalue weighted by Gasteiger charge is 2.22. The van der Waals surface area contributed by atoms with Crippen molar-refractivity contribution in [1.29, 1.82) is 0 Å². The molecule has 0 amide bonds. The first-order valence-corrected chi connectivity index (χ1v) is 19.0. The Labute approximate surface area is 290 Å². The Bertz CT molecular complexity index is 1170. The number of hydrogen-bond acceptors (Lipinski definition) is 9. The fourth-order valence-electron chi connectivity index (χ4n) is 5.75. The van der Waals surface area contributed by atoms with Crippen LogP contribution in [-0.2, 0) is 25.6 Å². The van der Waals surface area contributed by atoms with Crippen LogP contribution in [0.2, 0.25) is 0 Å². The number of nitrogen functional groups attached to an aromatic ring is 1. The summed E-state index contributed by atoms with van der Waals surface area (Å²) in [5.41, 5.74) is 13.1. The third kappa shape index (κ3) is 17.9. The maximum atomic E-state index is 12.6. The highest BCUT2D eigenvalue weighted by Crippen LogP contribution is 2.17. The SMILES string of the molecule is CCCCCCCC/C=C/CCCCCCCCCCCC(=O)OC[C@H](CCOC(=O)[C@@H](N)C(C)CC)Cn1cnc2cnc(N)nc21. The molecule has 0 aliphatic carbocycles. The molecule has 0 aromatic carbocycles. The van der Waals surface area contributed by atoms with E-state index in [0.29, 0.717) is 30.6 Å². The Morgan fingerprint density at radius 2 is 1.46 bits per heavy atom. The van der Waals surface area contributed by atoms with Crippen molar-refractivity contribution in [3.63, 3.8) is 0 Å². The fraction of sp³-hybridized carbons (Fsp3) is 0.763. The lowest BCUT2D eigenvalue weighted by molar-refractivity contribution is -0.149. The van der Waals surface area contributed by atoms with Crippen LogP contribution in [-0.4, -0.2) is 50.7 Å². The number of esters is 2. The second-order valence-corrected chi connectivity index (χ2v) is 13.5. The Morgan fingerprint density at radius 3 is 2.08 bits per heavy atom. The normalized spacial score (nSPS) is 13.6. The van der Waals surface area contributed by atoms with Gasteiger partial charge in [0.2, 0.25) is 5.95 Å². The van der Waals surface area contributed by atoms with Gasteiger partial charge in [0.05, 0.1) is 25.7 Å². The second-order valence-electron chi connectivity index (χ2n) is 13.5. The lowest BCUT2D eigenvalue weighted by Crippen LogP contribution is -2.38. The van der Waals surface area contributed by atoms with Gasteiger partial charge < -0.3 is 25.5 Å². The lowest BCUT2D eigenvalue weighted by Gasteiger charge is -2.20. The molecule has 0 aliphatic rings. The van der Waals surface area contributed by atoms with Crippen LogP contribution < -0.4 is 11.5 Å². The number of carbonyl (C=O) groups excluding carboxylic acids is 2. The van der Waals surface area contributed by atoms with Gasteiger partial charge in [-0.15, -0.1) is 0 Å². The fourth-order valence-corrected chi connectivity index (χ4v) is 5.75. The molecule has 2 aromatic heterocycles. The van der Waals surface area contributed by atoms with Crippen LogP contribution in [0.25, 0.3) is 11.2 Å². The zero-order valence-corrected chi connectivity index (χ0v) is 30.4. The quantitative estimate of drug-likeness (QED) is 0.0494. The van der Waals surface area contributed by atoms with E-state index in [2.05, 4.69) is 34.0 Å². The molecular formula is C38H66N6O4. The van der Waals surface area contributed by atoms with Crippen LogP contribution in [0.1, 0.15) is 149 Å². The highest BCUT2D eigenvalue weighted by atomic mass is 16.5. The largest absolute Gasteiger partial charge is 0.465 e. The van der Waals surface area contributed by atoms with Crippen molar-refractivity contribution in [1.82, 2.24) is 19.5 Å². The van der Waals surface area contributed by atoms with Gasteiger partial charge in [-0.25, -0.2) is 9.97 Å². The van der Waals surface area contributed by atoms with E-state index in [1.165, 1.54) is 89.9 Å². The Morgan fingerprint density at radius 1 is 0.854 bits per heavy atom. The molecule has 0 saturated heterocycles. The summed E-state index contributed by atoms with van der Waals surface area (Å²) >= 11 is 0. The summed E-state index contributed by atoms with van der Waals surface area (Å²) in [4.78, 5) is 37.6. The van der Waals surface area contributed by atoms with Gasteiger partial charge in [0, 0.05) is 18.9 Å². The number of fused-ring (bicyclic) bond motifs is 1. The summed E-state index contributed by atoms with van der Waals surface area (Å²) in [5, 5.41) is 0. The van der Waals surface area contributed by atoms with Gasteiger partial charge >= 0.3 is 11.9 Å². The third-order valence-electron chi connectivity index (χ3n) is 9.25. The molecular weight excluding hydrogens is 604 g/mol. The van der Waals surface area contributed by atoms with Crippen LogP contribution in [0.5, 0.6) is 0 Å². The first-order chi connectivity index (χ1) is 23.3. The summed E-state index contributed by atoms with van der Waals surface area (Å²) in [5.74, 6) is -0.512. The second kappa shape index (κ2) is 25.9. The highest BCUT2D eigenvalue weighted by molar-refractivity contribution is 5.75. The predicted molar refractivity (Wildman–Crippen MR) is 195 cm³/mol. The molecule has 0 aliphatic heterocycles. The summed E-state index contributed by atoms with van der Waals surface area (Å²) in [7, 11) is 0. The number of carbonyl (C=O) groups is 2. The number of anilines is 1. The first-order valence-electron chi connectivity index (χ1n) is 19.0. The molecule has 0 spiro atoms. The predicted octanol–water partition coefficient (Wildman–Crippen LogP) is 8.47. The van der Waals surface area contributed by atoms with E-state index >= 15 is 0 Å². The molecule has 2 aromatic rings. The summed E-state index contributed by atoms with van der Waals surface area (Å²) in [6, 6.07) is -0.652. The van der Waals surface area contributed by atoms with Crippen molar-refractivity contribution in [3.8, 4) is 0 Å². The van der Waals surface area contributed by atoms with Gasteiger partial charge in [0.1, 0.15) is 11.6 Å². The van der Waals surface area contributed by atoms with Crippen LogP contribution in [0.3, 0.4) is 0 Å². The number of nitrogens with zero attached hydrogens (tertiary/aromatic N) is 4. The van der Waals surface area contributed by atoms with E-state index in [4.69, 9.17) is 20.9 Å². The van der Waals surface area contributed by atoms with Crippen LogP contribution in [0.15, 0.2) is 24.7 Å². The monoisotopic (exact) mass is 671 g/mol. The van der Waals surface area contributed by atoms with Crippen molar-refractivity contribution < 1.29 is 19.1 Å². The van der Waals surface area contributed by atoms with E-state index in [9.17, 15) is 9.59 Å². The van der Waals surface area contributed by atoms with Crippen molar-refractivity contribution in [3.05, 3.63) is 24.7 Å².